The van der Waals surface area contributed by atoms with Crippen LogP contribution < -0.4 is 10.2 Å². The van der Waals surface area contributed by atoms with Gasteiger partial charge in [0.2, 0.25) is 0 Å². The van der Waals surface area contributed by atoms with Crippen LogP contribution in [0.5, 0.6) is 0 Å². The topological polar surface area (TPSA) is 79.0 Å². The molecule has 2 aromatic rings. The number of fused-ring (bicyclic) bond motifs is 1. The van der Waals surface area contributed by atoms with Gasteiger partial charge in [-0.2, -0.15) is 4.48 Å². The molecule has 5 amide bonds. The minimum atomic E-state index is -0.932. The first-order valence-corrected chi connectivity index (χ1v) is 13.1. The zero-order valence-electron chi connectivity index (χ0n) is 22.6. The Bertz CT molecular complexity index is 1170. The lowest BCUT2D eigenvalue weighted by molar-refractivity contribution is -0.785. The van der Waals surface area contributed by atoms with Gasteiger partial charge in [-0.3, -0.25) is 15.0 Å². The fourth-order valence-corrected chi connectivity index (χ4v) is 5.80. The molecule has 198 valence electrons. The number of para-hydroxylation sites is 1. The van der Waals surface area contributed by atoms with Gasteiger partial charge >= 0.3 is 12.1 Å². The average molecular weight is 508 g/mol. The van der Waals surface area contributed by atoms with E-state index in [9.17, 15) is 14.4 Å². The normalized spacial score (nSPS) is 24.1. The fraction of sp³-hybridized carbons (Fsp3) is 0.483. The Kier molecular flexibility index (Phi) is 7.99. The van der Waals surface area contributed by atoms with Gasteiger partial charge in [-0.05, 0) is 55.9 Å². The van der Waals surface area contributed by atoms with Gasteiger partial charge in [0, 0.05) is 39.9 Å². The first-order chi connectivity index (χ1) is 17.7. The number of carbonyl (C=O) groups excluding carboxylic acids is 3. The molecule has 4 rings (SSSR count). The predicted octanol–water partition coefficient (Wildman–Crippen LogP) is 4.42. The third-order valence-electron chi connectivity index (χ3n) is 7.91. The molecule has 4 atom stereocenters. The first kappa shape index (κ1) is 26.8. The second kappa shape index (κ2) is 11.0. The third-order valence-corrected chi connectivity index (χ3v) is 7.91. The summed E-state index contributed by atoms with van der Waals surface area (Å²) < 4.78 is 5.15. The van der Waals surface area contributed by atoms with Crippen LogP contribution in [0.3, 0.4) is 0 Å². The summed E-state index contributed by atoms with van der Waals surface area (Å²) in [7, 11) is 4.91. The molecule has 0 radical (unpaired) electrons. The summed E-state index contributed by atoms with van der Waals surface area (Å²) in [6, 6.07) is 13.6. The molecule has 1 saturated heterocycles. The monoisotopic (exact) mass is 507 g/mol. The molecule has 37 heavy (non-hydrogen) atoms. The van der Waals surface area contributed by atoms with Gasteiger partial charge in [0.25, 0.3) is 5.91 Å². The molecular formula is C29H39N4O4+. The predicted molar refractivity (Wildman–Crippen MR) is 143 cm³/mol. The van der Waals surface area contributed by atoms with Crippen LogP contribution in [-0.4, -0.2) is 73.8 Å². The molecule has 8 heteroatoms. The summed E-state index contributed by atoms with van der Waals surface area (Å²) in [6.07, 6.45) is 3.13. The molecule has 0 spiro atoms. The van der Waals surface area contributed by atoms with E-state index in [4.69, 9.17) is 4.74 Å². The van der Waals surface area contributed by atoms with Gasteiger partial charge in [-0.15, -0.1) is 0 Å². The molecule has 0 aromatic heterocycles. The van der Waals surface area contributed by atoms with Crippen molar-refractivity contribution in [2.24, 2.45) is 0 Å². The van der Waals surface area contributed by atoms with E-state index in [1.807, 2.05) is 61.2 Å². The second-order valence-electron chi connectivity index (χ2n) is 10.5. The van der Waals surface area contributed by atoms with Crippen molar-refractivity contribution >= 4 is 23.7 Å². The summed E-state index contributed by atoms with van der Waals surface area (Å²) in [5, 5.41) is 3.06. The average Bonchev–Trinajstić information content (AvgIpc) is 3.09. The first-order valence-electron chi connectivity index (χ1n) is 13.1. The van der Waals surface area contributed by atoms with Crippen LogP contribution >= 0.6 is 0 Å². The van der Waals surface area contributed by atoms with E-state index in [2.05, 4.69) is 11.4 Å². The van der Waals surface area contributed by atoms with Crippen LogP contribution in [0.25, 0.3) is 0 Å². The van der Waals surface area contributed by atoms with Crippen LogP contribution in [0.4, 0.5) is 15.3 Å². The molecule has 0 saturated carbocycles. The lowest BCUT2D eigenvalue weighted by Crippen LogP contribution is -2.66. The highest BCUT2D eigenvalue weighted by molar-refractivity contribution is 6.00. The Morgan fingerprint density at radius 3 is 2.46 bits per heavy atom. The minimum Gasteiger partial charge on any atom is -0.375 e. The number of benzene rings is 2. The van der Waals surface area contributed by atoms with E-state index < -0.39 is 16.6 Å². The Morgan fingerprint density at radius 2 is 1.78 bits per heavy atom. The van der Waals surface area contributed by atoms with Gasteiger partial charge in [-0.25, -0.2) is 9.59 Å². The number of nitrogens with zero attached hydrogens (tertiary/aromatic N) is 3. The van der Waals surface area contributed by atoms with Crippen molar-refractivity contribution in [1.29, 1.82) is 0 Å². The molecule has 2 aromatic carbocycles. The van der Waals surface area contributed by atoms with E-state index in [0.29, 0.717) is 13.0 Å². The quantitative estimate of drug-likeness (QED) is 0.622. The SMILES string of the molecule is CO[C@@H]1CC(C)[N+](C(=O)NC(C(=O)N2CCCCc3ccccc32)c2ccccc2C)(C(=O)N(C)C)C1. The van der Waals surface area contributed by atoms with Crippen molar-refractivity contribution in [3.8, 4) is 0 Å². The molecule has 0 bridgehead atoms. The smallest absolute Gasteiger partial charge is 0.375 e. The largest absolute Gasteiger partial charge is 0.428 e. The van der Waals surface area contributed by atoms with E-state index in [1.54, 1.807) is 21.2 Å². The number of carbonyl (C=O) groups is 3. The number of anilines is 1. The molecule has 1 N–H and O–H groups in total. The van der Waals surface area contributed by atoms with Gasteiger partial charge < -0.3 is 9.64 Å². The molecule has 3 unspecified atom stereocenters. The number of methoxy groups -OCH3 is 1. The molecule has 2 heterocycles. The van der Waals surface area contributed by atoms with E-state index in [0.717, 1.165) is 41.6 Å². The summed E-state index contributed by atoms with van der Waals surface area (Å²) in [6.45, 7) is 4.64. The number of hydrogen-bond acceptors (Lipinski definition) is 4. The summed E-state index contributed by atoms with van der Waals surface area (Å²) in [4.78, 5) is 45.3. The number of aryl methyl sites for hydroxylation is 2. The van der Waals surface area contributed by atoms with E-state index >= 15 is 0 Å². The zero-order chi connectivity index (χ0) is 26.7. The minimum absolute atomic E-state index is 0.192. The maximum Gasteiger partial charge on any atom is 0.428 e. The Hall–Kier alpha value is -3.23. The Balaban J connectivity index is 1.76. The van der Waals surface area contributed by atoms with Crippen LogP contribution in [0.1, 0.15) is 48.9 Å². The number of imide groups is 1. The number of amides is 5. The summed E-state index contributed by atoms with van der Waals surface area (Å²) in [5.74, 6) is -0.192. The molecular weight excluding hydrogens is 468 g/mol. The van der Waals surface area contributed by atoms with Gasteiger partial charge in [0.05, 0.1) is 0 Å². The number of rotatable bonds is 4. The standard InChI is InChI=1S/C29H38N4O4/c1-20-12-6-8-15-24(20)26(27(34)32-17-11-10-14-22-13-7-9-16-25(22)32)30-28(35)33(29(36)31(3)4)19-23(37-5)18-21(33)2/h6-9,12-13,15-16,21,23,26H,10-11,14,17-19H2,1-5H3/p+1/t21?,23-,26?,33?/m1/s1. The molecule has 2 aliphatic heterocycles. The van der Waals surface area contributed by atoms with Gasteiger partial charge in [0.15, 0.2) is 0 Å². The van der Waals surface area contributed by atoms with Crippen LogP contribution in [0, 0.1) is 6.92 Å². The number of quaternary nitrogens is 1. The van der Waals surface area contributed by atoms with Crippen molar-refractivity contribution in [1.82, 2.24) is 10.2 Å². The van der Waals surface area contributed by atoms with Gasteiger partial charge in [-0.1, -0.05) is 42.5 Å². The molecule has 2 aliphatic rings. The number of hydrogen-bond donors (Lipinski definition) is 1. The van der Waals surface area contributed by atoms with E-state index in [-0.39, 0.29) is 30.6 Å². The summed E-state index contributed by atoms with van der Waals surface area (Å²) in [5.41, 5.74) is 3.65. The highest BCUT2D eigenvalue weighted by atomic mass is 16.5. The van der Waals surface area contributed by atoms with Crippen molar-refractivity contribution in [2.45, 2.75) is 57.7 Å². The van der Waals surface area contributed by atoms with Crippen molar-refractivity contribution in [3.05, 3.63) is 65.2 Å². The highest BCUT2D eigenvalue weighted by Gasteiger charge is 2.58. The fourth-order valence-electron chi connectivity index (χ4n) is 5.80. The highest BCUT2D eigenvalue weighted by Crippen LogP contribution is 2.34. The van der Waals surface area contributed by atoms with Crippen molar-refractivity contribution in [3.63, 3.8) is 0 Å². The van der Waals surface area contributed by atoms with Crippen molar-refractivity contribution in [2.75, 3.05) is 39.2 Å². The number of nitrogens with one attached hydrogen (secondary N) is 1. The Labute approximate surface area is 219 Å². The maximum absolute atomic E-state index is 14.3. The van der Waals surface area contributed by atoms with Crippen LogP contribution in [-0.2, 0) is 16.0 Å². The van der Waals surface area contributed by atoms with E-state index in [1.165, 1.54) is 4.90 Å². The maximum atomic E-state index is 14.3. The zero-order valence-corrected chi connectivity index (χ0v) is 22.6. The molecule has 0 aliphatic carbocycles. The summed E-state index contributed by atoms with van der Waals surface area (Å²) >= 11 is 0. The second-order valence-corrected chi connectivity index (χ2v) is 10.5. The number of urea groups is 2. The van der Waals surface area contributed by atoms with Crippen LogP contribution in [0.15, 0.2) is 48.5 Å². The number of likely N-dealkylation sites (tertiary alicyclic amines) is 1. The van der Waals surface area contributed by atoms with Crippen LogP contribution in [0.2, 0.25) is 0 Å². The lowest BCUT2D eigenvalue weighted by Gasteiger charge is -2.36. The lowest BCUT2D eigenvalue weighted by atomic mass is 9.99. The van der Waals surface area contributed by atoms with Gasteiger partial charge in [0.1, 0.15) is 24.7 Å². The molecule has 8 nitrogen and oxygen atoms in total. The number of ether oxygens (including phenoxy) is 1. The molecule has 1 fully saturated rings. The third kappa shape index (κ3) is 5.00. The Morgan fingerprint density at radius 1 is 1.08 bits per heavy atom. The van der Waals surface area contributed by atoms with Crippen molar-refractivity contribution < 1.29 is 23.6 Å².